The SMILES string of the molecule is CC(C)c1cc(C(C)C)[c]([Ge@@]2([C](C)(C)C)[N]=C(c3ccccc3)P3c4c(C(C)(C)C)cc(C(C)(C)C)cc4C(C)(C)C[C@H]32)c(C(C)C)c1. The Hall–Kier alpha value is -1.70. The van der Waals surface area contributed by atoms with E-state index in [1.807, 2.05) is 0 Å². The van der Waals surface area contributed by atoms with Crippen LogP contribution in [0.15, 0.2) is 58.5 Å². The Balaban J connectivity index is 2.02. The molecule has 1 unspecified atom stereocenters. The van der Waals surface area contributed by atoms with E-state index in [-0.39, 0.29) is 20.5 Å². The van der Waals surface area contributed by atoms with Crippen LogP contribution in [-0.4, -0.2) is 23.4 Å². The first-order valence-electron chi connectivity index (χ1n) is 18.8. The van der Waals surface area contributed by atoms with Crippen LogP contribution < -0.4 is 9.70 Å². The maximum atomic E-state index is 6.53. The van der Waals surface area contributed by atoms with Gasteiger partial charge in [-0.3, -0.25) is 0 Å². The Morgan fingerprint density at radius 1 is 0.729 bits per heavy atom. The van der Waals surface area contributed by atoms with Crippen LogP contribution in [0.3, 0.4) is 0 Å². The van der Waals surface area contributed by atoms with Crippen molar-refractivity contribution in [3.63, 3.8) is 0 Å². The summed E-state index contributed by atoms with van der Waals surface area (Å²) in [5.74, 6) is 1.40. The van der Waals surface area contributed by atoms with Crippen LogP contribution in [0, 0.1) is 0 Å². The minimum absolute atomic E-state index is 0.0263. The summed E-state index contributed by atoms with van der Waals surface area (Å²) in [4.78, 5) is 0. The van der Waals surface area contributed by atoms with Crippen molar-refractivity contribution in [3.05, 3.63) is 93.5 Å². The second-order valence-electron chi connectivity index (χ2n) is 19.8. The molecule has 48 heavy (non-hydrogen) atoms. The van der Waals surface area contributed by atoms with Gasteiger partial charge in [-0.05, 0) is 0 Å². The summed E-state index contributed by atoms with van der Waals surface area (Å²) in [7, 11) is -0.693. The van der Waals surface area contributed by atoms with Gasteiger partial charge in [-0.1, -0.05) is 0 Å². The molecule has 0 radical (unpaired) electrons. The van der Waals surface area contributed by atoms with E-state index in [9.17, 15) is 0 Å². The molecule has 0 saturated carbocycles. The van der Waals surface area contributed by atoms with Crippen molar-refractivity contribution >= 4 is 36.6 Å². The summed E-state index contributed by atoms with van der Waals surface area (Å²) in [6, 6.07) is 21.9. The molecule has 0 saturated heterocycles. The third-order valence-electron chi connectivity index (χ3n) is 11.5. The maximum absolute atomic E-state index is 6.53. The monoisotopic (exact) mass is 725 g/mol. The summed E-state index contributed by atoms with van der Waals surface area (Å²) in [5, 5.41) is 1.67. The number of rotatable bonds is 5. The van der Waals surface area contributed by atoms with Crippen LogP contribution >= 0.6 is 7.92 Å². The molecule has 3 aromatic carbocycles. The molecule has 3 heteroatoms. The van der Waals surface area contributed by atoms with Crippen molar-refractivity contribution in [2.45, 2.75) is 167 Å². The number of hydrogen-bond donors (Lipinski definition) is 0. The fraction of sp³-hybridized carbons (Fsp3) is 0.578. The number of hydrogen-bond acceptors (Lipinski definition) is 1. The van der Waals surface area contributed by atoms with Gasteiger partial charge in [0, 0.05) is 0 Å². The third-order valence-corrected chi connectivity index (χ3v) is 29.3. The van der Waals surface area contributed by atoms with Gasteiger partial charge >= 0.3 is 301 Å². The molecule has 2 aliphatic heterocycles. The molecule has 0 spiro atoms. The second kappa shape index (κ2) is 12.5. The van der Waals surface area contributed by atoms with Crippen LogP contribution in [0.4, 0.5) is 0 Å². The van der Waals surface area contributed by atoms with Crippen molar-refractivity contribution < 1.29 is 0 Å². The van der Waals surface area contributed by atoms with Crippen LogP contribution in [0.1, 0.15) is 181 Å². The van der Waals surface area contributed by atoms with Gasteiger partial charge in [0.2, 0.25) is 0 Å². The van der Waals surface area contributed by atoms with E-state index in [0.29, 0.717) is 22.2 Å². The summed E-state index contributed by atoms with van der Waals surface area (Å²) in [5.41, 5.74) is 12.3. The first-order chi connectivity index (χ1) is 21.9. The van der Waals surface area contributed by atoms with E-state index in [4.69, 9.17) is 3.95 Å². The van der Waals surface area contributed by atoms with E-state index in [0.717, 1.165) is 0 Å². The fourth-order valence-corrected chi connectivity index (χ4v) is 32.3. The van der Waals surface area contributed by atoms with E-state index in [2.05, 4.69) is 172 Å². The molecule has 0 fully saturated rings. The summed E-state index contributed by atoms with van der Waals surface area (Å²) in [6.07, 6.45) is 1.21. The van der Waals surface area contributed by atoms with Crippen LogP contribution in [0.25, 0.3) is 0 Å². The van der Waals surface area contributed by atoms with Gasteiger partial charge in [0.25, 0.3) is 0 Å². The predicted molar refractivity (Wildman–Crippen MR) is 219 cm³/mol. The van der Waals surface area contributed by atoms with Crippen LogP contribution in [0.2, 0.25) is 4.25 Å². The molecule has 5 rings (SSSR count). The Labute approximate surface area is 299 Å². The molecule has 0 N–H and O–H groups in total. The summed E-state index contributed by atoms with van der Waals surface area (Å²) in [6.45, 7) is 41.9. The summed E-state index contributed by atoms with van der Waals surface area (Å²) < 4.78 is 8.90. The van der Waals surface area contributed by atoms with Gasteiger partial charge in [-0.25, -0.2) is 0 Å². The van der Waals surface area contributed by atoms with E-state index < -0.39 is 21.4 Å². The van der Waals surface area contributed by atoms with Gasteiger partial charge in [0.05, 0.1) is 0 Å². The molecule has 260 valence electrons. The van der Waals surface area contributed by atoms with E-state index in [1.54, 1.807) is 32.0 Å². The zero-order chi connectivity index (χ0) is 35.9. The van der Waals surface area contributed by atoms with Gasteiger partial charge in [-0.15, -0.1) is 0 Å². The molecule has 3 aromatic rings. The minimum atomic E-state index is -3.47. The standard InChI is InChI=1S/C45H66GeNP/c1-28(2)32-23-34(29(3)4)39(35(24-32)30(5)6)46(44(13,14)15)38-27-45(16,17)37-26-33(42(7,8)9)25-36(43(10,11)12)40(37)48(38)41(47-46)31-21-19-18-20-22-31/h18-26,28-30,38H,27H2,1-17H3/t38-,46-,48?/m0/s1. The van der Waals surface area contributed by atoms with Crippen LogP contribution in [-0.2, 0) is 16.2 Å². The first-order valence-corrected chi connectivity index (χ1v) is 24.4. The predicted octanol–water partition coefficient (Wildman–Crippen LogP) is 12.5. The normalized spacial score (nSPS) is 22.7. The number of fused-ring (bicyclic) bond motifs is 3. The van der Waals surface area contributed by atoms with Crippen LogP contribution in [0.5, 0.6) is 0 Å². The van der Waals surface area contributed by atoms with E-state index in [1.165, 1.54) is 28.6 Å². The fourth-order valence-electron chi connectivity index (χ4n) is 8.59. The van der Waals surface area contributed by atoms with Gasteiger partial charge in [0.1, 0.15) is 0 Å². The number of benzene rings is 3. The Bertz CT molecular complexity index is 1660. The quantitative estimate of drug-likeness (QED) is 0.184. The topological polar surface area (TPSA) is 12.4 Å². The van der Waals surface area contributed by atoms with Crippen molar-refractivity contribution in [1.82, 2.24) is 0 Å². The molecule has 0 amide bonds. The average Bonchev–Trinajstić information content (AvgIpc) is 3.30. The van der Waals surface area contributed by atoms with Crippen molar-refractivity contribution in [1.29, 1.82) is 0 Å². The molecule has 0 aliphatic carbocycles. The Morgan fingerprint density at radius 2 is 1.27 bits per heavy atom. The van der Waals surface area contributed by atoms with Crippen molar-refractivity contribution in [2.75, 3.05) is 0 Å². The Kier molecular flexibility index (Phi) is 9.79. The second-order valence-corrected chi connectivity index (χ2v) is 32.3. The molecule has 3 atom stereocenters. The molecule has 2 aliphatic rings. The molecular weight excluding hydrogens is 658 g/mol. The third kappa shape index (κ3) is 6.25. The van der Waals surface area contributed by atoms with E-state index >= 15 is 0 Å². The summed E-state index contributed by atoms with van der Waals surface area (Å²) >= 11 is -3.47. The van der Waals surface area contributed by atoms with Gasteiger partial charge < -0.3 is 0 Å². The number of nitrogens with zero attached hydrogens (tertiary/aromatic N) is 1. The zero-order valence-electron chi connectivity index (χ0n) is 33.6. The molecule has 0 aromatic heterocycles. The first kappa shape index (κ1) is 37.6. The molecule has 1 nitrogen and oxygen atoms in total. The molecule has 0 bridgehead atoms. The van der Waals surface area contributed by atoms with Crippen molar-refractivity contribution in [2.24, 2.45) is 3.95 Å². The van der Waals surface area contributed by atoms with Crippen molar-refractivity contribution in [3.8, 4) is 0 Å². The Morgan fingerprint density at radius 3 is 1.71 bits per heavy atom. The zero-order valence-corrected chi connectivity index (χ0v) is 36.6. The molecule has 2 heterocycles. The van der Waals surface area contributed by atoms with Gasteiger partial charge in [-0.2, -0.15) is 0 Å². The molecular formula is C45H66GeNP. The average molecular weight is 725 g/mol. The van der Waals surface area contributed by atoms with Gasteiger partial charge in [0.15, 0.2) is 0 Å².